The van der Waals surface area contributed by atoms with Crippen LogP contribution in [0.2, 0.25) is 5.02 Å². The first-order valence-corrected chi connectivity index (χ1v) is 12.0. The minimum atomic E-state index is -0.382. The summed E-state index contributed by atoms with van der Waals surface area (Å²) in [6.07, 6.45) is 0. The third-order valence-electron chi connectivity index (χ3n) is 5.20. The number of benzene rings is 2. The number of anilines is 1. The molecular formula is C23H24ClN5O4S. The van der Waals surface area contributed by atoms with E-state index in [0.717, 1.165) is 0 Å². The summed E-state index contributed by atoms with van der Waals surface area (Å²) in [5, 5.41) is 15.6. The molecule has 1 unspecified atom stereocenters. The molecule has 2 heterocycles. The summed E-state index contributed by atoms with van der Waals surface area (Å²) in [5.41, 5.74) is 1.13. The van der Waals surface area contributed by atoms with Gasteiger partial charge in [-0.1, -0.05) is 37.2 Å². The molecule has 1 aliphatic heterocycles. The maximum Gasteiger partial charge on any atom is 0.252 e. The van der Waals surface area contributed by atoms with Gasteiger partial charge in [-0.2, -0.15) is 0 Å². The Hall–Kier alpha value is -3.24. The van der Waals surface area contributed by atoms with E-state index in [1.54, 1.807) is 47.0 Å². The third kappa shape index (κ3) is 5.45. The highest BCUT2D eigenvalue weighted by atomic mass is 35.5. The molecule has 0 bridgehead atoms. The standard InChI is InChI=1S/C23H24ClN5O4S/c1-13(2)20(26-22(31)14-4-9-17-18(10-14)33-12-32-17)21-27-28-23(29(21)3)34-11-19(30)25-16-7-5-15(24)6-8-16/h4-10,13,20H,11-12H2,1-3H3,(H,25,30)(H,26,31). The molecule has 2 N–H and O–H groups in total. The number of carbonyl (C=O) groups is 2. The first-order chi connectivity index (χ1) is 16.3. The van der Waals surface area contributed by atoms with Crippen molar-refractivity contribution < 1.29 is 19.1 Å². The van der Waals surface area contributed by atoms with Crippen LogP contribution in [0.5, 0.6) is 11.5 Å². The van der Waals surface area contributed by atoms with Crippen LogP contribution in [-0.2, 0) is 11.8 Å². The zero-order chi connectivity index (χ0) is 24.2. The van der Waals surface area contributed by atoms with Gasteiger partial charge in [0.25, 0.3) is 5.91 Å². The summed E-state index contributed by atoms with van der Waals surface area (Å²) in [7, 11) is 1.82. The van der Waals surface area contributed by atoms with Gasteiger partial charge in [-0.15, -0.1) is 10.2 Å². The fraction of sp³-hybridized carbons (Fsp3) is 0.304. The van der Waals surface area contributed by atoms with Gasteiger partial charge in [-0.05, 0) is 48.4 Å². The molecule has 2 amide bonds. The van der Waals surface area contributed by atoms with Gasteiger partial charge in [-0.25, -0.2) is 0 Å². The lowest BCUT2D eigenvalue weighted by atomic mass is 10.0. The van der Waals surface area contributed by atoms with Gasteiger partial charge in [-0.3, -0.25) is 9.59 Å². The molecule has 3 aromatic rings. The number of amides is 2. The monoisotopic (exact) mass is 501 g/mol. The summed E-state index contributed by atoms with van der Waals surface area (Å²) in [4.78, 5) is 25.2. The van der Waals surface area contributed by atoms with Gasteiger partial charge < -0.3 is 24.7 Å². The summed E-state index contributed by atoms with van der Waals surface area (Å²) in [6.45, 7) is 4.13. The predicted molar refractivity (Wildman–Crippen MR) is 129 cm³/mol. The second-order valence-corrected chi connectivity index (χ2v) is 9.39. The molecule has 1 aromatic heterocycles. The zero-order valence-electron chi connectivity index (χ0n) is 18.9. The lowest BCUT2D eigenvalue weighted by Crippen LogP contribution is -2.33. The maximum atomic E-state index is 12.9. The summed E-state index contributed by atoms with van der Waals surface area (Å²) in [5.74, 6) is 1.54. The van der Waals surface area contributed by atoms with Crippen LogP contribution in [0.4, 0.5) is 5.69 Å². The quantitative estimate of drug-likeness (QED) is 0.448. The highest BCUT2D eigenvalue weighted by Gasteiger charge is 2.26. The maximum absolute atomic E-state index is 12.9. The van der Waals surface area contributed by atoms with E-state index >= 15 is 0 Å². The van der Waals surface area contributed by atoms with Crippen LogP contribution in [0.25, 0.3) is 0 Å². The lowest BCUT2D eigenvalue weighted by Gasteiger charge is -2.21. The van der Waals surface area contributed by atoms with Crippen molar-refractivity contribution in [1.29, 1.82) is 0 Å². The van der Waals surface area contributed by atoms with Crippen molar-refractivity contribution in [1.82, 2.24) is 20.1 Å². The fourth-order valence-electron chi connectivity index (χ4n) is 3.37. The smallest absolute Gasteiger partial charge is 0.252 e. The van der Waals surface area contributed by atoms with Crippen LogP contribution >= 0.6 is 23.4 Å². The number of thioether (sulfide) groups is 1. The van der Waals surface area contributed by atoms with E-state index in [9.17, 15) is 9.59 Å². The van der Waals surface area contributed by atoms with E-state index in [1.165, 1.54) is 11.8 Å². The fourth-order valence-corrected chi connectivity index (χ4v) is 4.22. The van der Waals surface area contributed by atoms with Crippen LogP contribution in [0, 0.1) is 5.92 Å². The van der Waals surface area contributed by atoms with E-state index in [2.05, 4.69) is 20.8 Å². The Morgan fingerprint density at radius 2 is 1.85 bits per heavy atom. The van der Waals surface area contributed by atoms with Gasteiger partial charge in [0.05, 0.1) is 11.8 Å². The summed E-state index contributed by atoms with van der Waals surface area (Å²) < 4.78 is 12.5. The van der Waals surface area contributed by atoms with Gasteiger partial charge in [0.1, 0.15) is 0 Å². The molecule has 4 rings (SSSR count). The molecule has 1 atom stereocenters. The highest BCUT2D eigenvalue weighted by Crippen LogP contribution is 2.33. The normalized spacial score (nSPS) is 13.1. The Labute approximate surface area is 206 Å². The number of aromatic nitrogens is 3. The number of hydrogen-bond donors (Lipinski definition) is 2. The lowest BCUT2D eigenvalue weighted by molar-refractivity contribution is -0.113. The van der Waals surface area contributed by atoms with Crippen molar-refractivity contribution in [3.05, 3.63) is 58.9 Å². The Balaban J connectivity index is 1.41. The minimum Gasteiger partial charge on any atom is -0.454 e. The summed E-state index contributed by atoms with van der Waals surface area (Å²) >= 11 is 7.14. The van der Waals surface area contributed by atoms with Crippen molar-refractivity contribution in [3.8, 4) is 11.5 Å². The van der Waals surface area contributed by atoms with E-state index in [1.807, 2.05) is 20.9 Å². The van der Waals surface area contributed by atoms with E-state index in [0.29, 0.717) is 38.8 Å². The van der Waals surface area contributed by atoms with Crippen LogP contribution in [-0.4, -0.2) is 39.1 Å². The highest BCUT2D eigenvalue weighted by molar-refractivity contribution is 7.99. The Morgan fingerprint density at radius 3 is 2.59 bits per heavy atom. The summed E-state index contributed by atoms with van der Waals surface area (Å²) in [6, 6.07) is 11.6. The minimum absolute atomic E-state index is 0.0481. The molecular weight excluding hydrogens is 478 g/mol. The predicted octanol–water partition coefficient (Wildman–Crippen LogP) is 4.06. The Kier molecular flexibility index (Phi) is 7.28. The Bertz CT molecular complexity index is 1200. The topological polar surface area (TPSA) is 107 Å². The number of fused-ring (bicyclic) bond motifs is 1. The molecule has 11 heteroatoms. The van der Waals surface area contributed by atoms with Crippen molar-refractivity contribution >= 4 is 40.9 Å². The molecule has 178 valence electrons. The van der Waals surface area contributed by atoms with Crippen LogP contribution < -0.4 is 20.1 Å². The van der Waals surface area contributed by atoms with Gasteiger partial charge in [0.2, 0.25) is 12.7 Å². The average molecular weight is 502 g/mol. The van der Waals surface area contributed by atoms with Crippen molar-refractivity contribution in [2.24, 2.45) is 13.0 Å². The SMILES string of the molecule is CC(C)C(NC(=O)c1ccc2c(c1)OCO2)c1nnc(SCC(=O)Nc2ccc(Cl)cc2)n1C. The van der Waals surface area contributed by atoms with Gasteiger partial charge in [0, 0.05) is 23.3 Å². The molecule has 2 aromatic carbocycles. The van der Waals surface area contributed by atoms with Gasteiger partial charge >= 0.3 is 0 Å². The first-order valence-electron chi connectivity index (χ1n) is 10.6. The zero-order valence-corrected chi connectivity index (χ0v) is 20.4. The third-order valence-corrected chi connectivity index (χ3v) is 6.47. The largest absolute Gasteiger partial charge is 0.454 e. The van der Waals surface area contributed by atoms with E-state index < -0.39 is 0 Å². The first kappa shape index (κ1) is 23.9. The molecule has 0 fully saturated rings. The number of rotatable bonds is 8. The van der Waals surface area contributed by atoms with Crippen LogP contribution in [0.15, 0.2) is 47.6 Å². The number of halogens is 1. The number of nitrogens with one attached hydrogen (secondary N) is 2. The molecule has 9 nitrogen and oxygen atoms in total. The molecule has 34 heavy (non-hydrogen) atoms. The number of nitrogens with zero attached hydrogens (tertiary/aromatic N) is 3. The van der Waals surface area contributed by atoms with Crippen molar-refractivity contribution in [2.45, 2.75) is 25.0 Å². The van der Waals surface area contributed by atoms with Gasteiger partial charge in [0.15, 0.2) is 22.5 Å². The number of ether oxygens (including phenoxy) is 2. The average Bonchev–Trinajstić information content (AvgIpc) is 3.43. The molecule has 0 saturated heterocycles. The van der Waals surface area contributed by atoms with Crippen molar-refractivity contribution in [3.63, 3.8) is 0 Å². The second kappa shape index (κ2) is 10.4. The van der Waals surface area contributed by atoms with E-state index in [-0.39, 0.29) is 36.3 Å². The molecule has 0 spiro atoms. The van der Waals surface area contributed by atoms with E-state index in [4.69, 9.17) is 21.1 Å². The van der Waals surface area contributed by atoms with Crippen LogP contribution in [0.1, 0.15) is 36.1 Å². The molecule has 0 saturated carbocycles. The molecule has 0 radical (unpaired) electrons. The molecule has 0 aliphatic carbocycles. The number of hydrogen-bond acceptors (Lipinski definition) is 7. The van der Waals surface area contributed by atoms with Crippen LogP contribution in [0.3, 0.4) is 0 Å². The van der Waals surface area contributed by atoms with Crippen molar-refractivity contribution in [2.75, 3.05) is 17.9 Å². The Morgan fingerprint density at radius 1 is 1.12 bits per heavy atom. The second-order valence-electron chi connectivity index (χ2n) is 8.01. The number of carbonyl (C=O) groups excluding carboxylic acids is 2. The molecule has 1 aliphatic rings.